The van der Waals surface area contributed by atoms with Gasteiger partial charge >= 0.3 is 5.97 Å². The molecule has 0 spiro atoms. The Kier molecular flexibility index (Phi) is 14.7. The zero-order chi connectivity index (χ0) is 26.4. The number of hydrogen-bond acceptors (Lipinski definition) is 7. The number of carboxylic acid groups (broad SMARTS) is 1. The highest BCUT2D eigenvalue weighted by molar-refractivity contribution is 5.96. The Hall–Kier alpha value is -2.73. The third-order valence-electron chi connectivity index (χ3n) is 5.91. The second-order valence-electron chi connectivity index (χ2n) is 8.70. The molecule has 34 heavy (non-hydrogen) atoms. The molecule has 10 N–H and O–H groups in total. The first kappa shape index (κ1) is 31.3. The molecule has 196 valence electrons. The van der Waals surface area contributed by atoms with Crippen molar-refractivity contribution in [2.75, 3.05) is 6.54 Å². The van der Waals surface area contributed by atoms with Gasteiger partial charge in [0, 0.05) is 0 Å². The first-order valence-corrected chi connectivity index (χ1v) is 11.8. The van der Waals surface area contributed by atoms with E-state index in [-0.39, 0.29) is 11.8 Å². The summed E-state index contributed by atoms with van der Waals surface area (Å²) in [4.78, 5) is 61.4. The first-order chi connectivity index (χ1) is 15.9. The van der Waals surface area contributed by atoms with Crippen LogP contribution >= 0.6 is 0 Å². The molecular formula is C22H42N6O6. The number of amides is 4. The molecule has 12 nitrogen and oxygen atoms in total. The van der Waals surface area contributed by atoms with Gasteiger partial charge in [-0.3, -0.25) is 19.2 Å². The minimum atomic E-state index is -1.41. The number of carbonyl (C=O) groups excluding carboxylic acids is 4. The lowest BCUT2D eigenvalue weighted by Gasteiger charge is -2.28. The van der Waals surface area contributed by atoms with Gasteiger partial charge in [0.15, 0.2) is 0 Å². The Morgan fingerprint density at radius 1 is 0.824 bits per heavy atom. The van der Waals surface area contributed by atoms with Crippen molar-refractivity contribution in [1.29, 1.82) is 0 Å². The Balaban J connectivity index is 5.54. The van der Waals surface area contributed by atoms with E-state index >= 15 is 0 Å². The van der Waals surface area contributed by atoms with Crippen LogP contribution in [0.3, 0.4) is 0 Å². The number of primary amides is 1. The lowest BCUT2D eigenvalue weighted by atomic mass is 9.96. The predicted molar refractivity (Wildman–Crippen MR) is 127 cm³/mol. The molecule has 4 amide bonds. The summed E-state index contributed by atoms with van der Waals surface area (Å²) in [5.41, 5.74) is 16.6. The van der Waals surface area contributed by atoms with E-state index < -0.39 is 60.2 Å². The van der Waals surface area contributed by atoms with Crippen LogP contribution in [0, 0.1) is 11.8 Å². The normalized spacial score (nSPS) is 16.3. The minimum absolute atomic E-state index is 0.315. The maximum atomic E-state index is 13.0. The Morgan fingerprint density at radius 2 is 1.35 bits per heavy atom. The standard InChI is InChI=1S/C22H42N6O6/c1-5-12(3)17(27-19(30)14(24)9-7-8-10-23)21(32)26-15(11-16(25)29)20(31)28-18(22(33)34)13(4)6-2/h12-15,17-18H,5-11,23-24H2,1-4H3,(H2,25,29)(H,26,32)(H,27,30)(H,28,31)(H,33,34). The van der Waals surface area contributed by atoms with Crippen LogP contribution in [-0.2, 0) is 24.0 Å². The van der Waals surface area contributed by atoms with Crippen molar-refractivity contribution in [2.24, 2.45) is 29.0 Å². The Bertz CT molecular complexity index is 703. The van der Waals surface area contributed by atoms with Crippen molar-refractivity contribution < 1.29 is 29.1 Å². The van der Waals surface area contributed by atoms with E-state index in [1.165, 1.54) is 0 Å². The van der Waals surface area contributed by atoms with Crippen LogP contribution in [0.5, 0.6) is 0 Å². The number of aliphatic carboxylic acids is 1. The average Bonchev–Trinajstić information content (AvgIpc) is 2.78. The molecule has 0 radical (unpaired) electrons. The Morgan fingerprint density at radius 3 is 1.82 bits per heavy atom. The third kappa shape index (κ3) is 10.9. The van der Waals surface area contributed by atoms with Gasteiger partial charge in [0.05, 0.1) is 12.5 Å². The maximum Gasteiger partial charge on any atom is 0.326 e. The number of carboxylic acids is 1. The van der Waals surface area contributed by atoms with E-state index in [4.69, 9.17) is 17.2 Å². The van der Waals surface area contributed by atoms with Crippen molar-refractivity contribution in [3.63, 3.8) is 0 Å². The number of rotatable bonds is 17. The highest BCUT2D eigenvalue weighted by Crippen LogP contribution is 2.11. The molecule has 0 aromatic rings. The maximum absolute atomic E-state index is 13.0. The van der Waals surface area contributed by atoms with E-state index in [0.29, 0.717) is 38.6 Å². The van der Waals surface area contributed by atoms with Crippen LogP contribution in [0.2, 0.25) is 0 Å². The SMILES string of the molecule is CCC(C)C(NC(=O)C(CC(N)=O)NC(=O)C(NC(=O)C(N)CCCCN)C(C)CC)C(=O)O. The third-order valence-corrected chi connectivity index (χ3v) is 5.91. The van der Waals surface area contributed by atoms with Crippen molar-refractivity contribution >= 4 is 29.6 Å². The molecule has 0 bridgehead atoms. The Labute approximate surface area is 201 Å². The molecule has 0 aromatic carbocycles. The van der Waals surface area contributed by atoms with Crippen molar-refractivity contribution in [3.05, 3.63) is 0 Å². The molecule has 0 rings (SSSR count). The van der Waals surface area contributed by atoms with E-state index in [9.17, 15) is 29.1 Å². The summed E-state index contributed by atoms with van der Waals surface area (Å²) in [5, 5.41) is 16.9. The van der Waals surface area contributed by atoms with Crippen molar-refractivity contribution in [1.82, 2.24) is 16.0 Å². The summed E-state index contributed by atoms with van der Waals surface area (Å²) in [6.45, 7) is 7.49. The zero-order valence-electron chi connectivity index (χ0n) is 20.6. The molecule has 6 unspecified atom stereocenters. The van der Waals surface area contributed by atoms with Crippen LogP contribution in [0.25, 0.3) is 0 Å². The lowest BCUT2D eigenvalue weighted by molar-refractivity contribution is -0.144. The van der Waals surface area contributed by atoms with Gasteiger partial charge in [-0.25, -0.2) is 4.79 Å². The van der Waals surface area contributed by atoms with Crippen molar-refractivity contribution in [3.8, 4) is 0 Å². The number of unbranched alkanes of at least 4 members (excludes halogenated alkanes) is 1. The smallest absolute Gasteiger partial charge is 0.326 e. The van der Waals surface area contributed by atoms with Crippen LogP contribution in [0.4, 0.5) is 0 Å². The first-order valence-electron chi connectivity index (χ1n) is 11.8. The summed E-state index contributed by atoms with van der Waals surface area (Å²) in [6.07, 6.45) is 2.25. The molecule has 0 fully saturated rings. The topological polar surface area (TPSA) is 220 Å². The van der Waals surface area contributed by atoms with Gasteiger partial charge in [-0.15, -0.1) is 0 Å². The summed E-state index contributed by atoms with van der Waals surface area (Å²) in [5.74, 6) is -4.87. The molecular weight excluding hydrogens is 444 g/mol. The van der Waals surface area contributed by atoms with Crippen LogP contribution < -0.4 is 33.2 Å². The average molecular weight is 487 g/mol. The zero-order valence-corrected chi connectivity index (χ0v) is 20.6. The largest absolute Gasteiger partial charge is 0.480 e. The van der Waals surface area contributed by atoms with Crippen LogP contribution in [0.1, 0.15) is 66.2 Å². The number of hydrogen-bond donors (Lipinski definition) is 7. The molecule has 0 saturated heterocycles. The molecule has 12 heteroatoms. The summed E-state index contributed by atoms with van der Waals surface area (Å²) < 4.78 is 0. The number of carbonyl (C=O) groups is 5. The quantitative estimate of drug-likeness (QED) is 0.125. The summed E-state index contributed by atoms with van der Waals surface area (Å²) >= 11 is 0. The van der Waals surface area contributed by atoms with Gasteiger partial charge in [-0.05, 0) is 31.2 Å². The fourth-order valence-corrected chi connectivity index (χ4v) is 3.21. The highest BCUT2D eigenvalue weighted by atomic mass is 16.4. The van der Waals surface area contributed by atoms with Gasteiger partial charge in [-0.2, -0.15) is 0 Å². The highest BCUT2D eigenvalue weighted by Gasteiger charge is 2.34. The summed E-state index contributed by atoms with van der Waals surface area (Å²) in [6, 6.07) is -4.47. The van der Waals surface area contributed by atoms with Gasteiger partial charge < -0.3 is 38.3 Å². The van der Waals surface area contributed by atoms with Crippen LogP contribution in [-0.4, -0.2) is 65.4 Å². The minimum Gasteiger partial charge on any atom is -0.480 e. The molecule has 0 saturated carbocycles. The van der Waals surface area contributed by atoms with Gasteiger partial charge in [0.2, 0.25) is 23.6 Å². The predicted octanol–water partition coefficient (Wildman–Crippen LogP) is -1.05. The second kappa shape index (κ2) is 16.0. The second-order valence-corrected chi connectivity index (χ2v) is 8.70. The van der Waals surface area contributed by atoms with E-state index in [2.05, 4.69) is 16.0 Å². The van der Waals surface area contributed by atoms with Gasteiger partial charge in [-0.1, -0.05) is 47.0 Å². The summed E-state index contributed by atoms with van der Waals surface area (Å²) in [7, 11) is 0. The molecule has 0 aliphatic heterocycles. The number of nitrogens with one attached hydrogen (secondary N) is 3. The van der Waals surface area contributed by atoms with Crippen molar-refractivity contribution in [2.45, 2.75) is 90.4 Å². The fraction of sp³-hybridized carbons (Fsp3) is 0.773. The molecule has 0 aromatic heterocycles. The fourth-order valence-electron chi connectivity index (χ4n) is 3.21. The van der Waals surface area contributed by atoms with Gasteiger partial charge in [0.25, 0.3) is 0 Å². The molecule has 0 heterocycles. The van der Waals surface area contributed by atoms with Crippen LogP contribution in [0.15, 0.2) is 0 Å². The molecule has 6 atom stereocenters. The molecule has 0 aliphatic carbocycles. The van der Waals surface area contributed by atoms with E-state index in [0.717, 1.165) is 0 Å². The monoisotopic (exact) mass is 486 g/mol. The lowest BCUT2D eigenvalue weighted by Crippen LogP contribution is -2.59. The van der Waals surface area contributed by atoms with E-state index in [1.54, 1.807) is 20.8 Å². The van der Waals surface area contributed by atoms with Gasteiger partial charge in [0.1, 0.15) is 18.1 Å². The van der Waals surface area contributed by atoms with E-state index in [1.807, 2.05) is 6.92 Å². The molecule has 0 aliphatic rings. The number of nitrogens with two attached hydrogens (primary N) is 3.